The van der Waals surface area contributed by atoms with E-state index in [0.717, 1.165) is 19.8 Å². The van der Waals surface area contributed by atoms with Crippen LogP contribution in [-0.2, 0) is 9.47 Å². The summed E-state index contributed by atoms with van der Waals surface area (Å²) in [6.07, 6.45) is 0. The summed E-state index contributed by atoms with van der Waals surface area (Å²) < 4.78 is 57.2. The number of ether oxygens (including phenoxy) is 4. The van der Waals surface area contributed by atoms with Gasteiger partial charge in [-0.1, -0.05) is 0 Å². The van der Waals surface area contributed by atoms with Crippen LogP contribution in [-0.4, -0.2) is 35.5 Å². The molecule has 0 bridgehead atoms. The van der Waals surface area contributed by atoms with Gasteiger partial charge in [0.15, 0.2) is 25.1 Å². The molecule has 2 aromatic carbocycles. The average molecular weight is 353 g/mol. The predicted molar refractivity (Wildman–Crippen MR) is 84.8 cm³/mol. The molecule has 0 aromatic heterocycles. The zero-order chi connectivity index (χ0) is 18.1. The Hall–Kier alpha value is -2.52. The highest BCUT2D eigenvalue weighted by Gasteiger charge is 2.13. The maximum absolute atomic E-state index is 13.3. The van der Waals surface area contributed by atoms with E-state index in [1.165, 1.54) is 38.5 Å². The van der Waals surface area contributed by atoms with Crippen molar-refractivity contribution in [2.75, 3.05) is 27.8 Å². The molecule has 9 heteroatoms. The predicted octanol–water partition coefficient (Wildman–Crippen LogP) is 2.92. The summed E-state index contributed by atoms with van der Waals surface area (Å²) in [6.45, 7) is -0.152. The Balaban J connectivity index is 2.01. The summed E-state index contributed by atoms with van der Waals surface area (Å²) in [7, 11) is 3.86. The van der Waals surface area contributed by atoms with Crippen LogP contribution in [0.15, 0.2) is 36.4 Å². The first kappa shape index (κ1) is 18.8. The normalized spacial score (nSPS) is 10.2. The maximum Gasteiger partial charge on any atom is 0.658 e. The molecule has 0 heterocycles. The van der Waals surface area contributed by atoms with Gasteiger partial charge < -0.3 is 28.3 Å². The Labute approximate surface area is 144 Å². The third-order valence-corrected chi connectivity index (χ3v) is 2.83. The van der Waals surface area contributed by atoms with Crippen molar-refractivity contribution in [2.24, 2.45) is 0 Å². The van der Waals surface area contributed by atoms with Gasteiger partial charge in [-0.3, -0.25) is 0 Å². The smallest absolute Gasteiger partial charge is 0.524 e. The SMILES string of the molecule is COCOc1cc(F)ccc1O[B]Oc1ccc(F)cc1OCOC. The van der Waals surface area contributed by atoms with Crippen LogP contribution >= 0.6 is 0 Å². The molecule has 0 N–H and O–H groups in total. The number of methoxy groups -OCH3 is 2. The summed E-state index contributed by atoms with van der Waals surface area (Å²) in [4.78, 5) is 0. The molecule has 133 valence electrons. The molecular weight excluding hydrogens is 337 g/mol. The van der Waals surface area contributed by atoms with E-state index in [1.54, 1.807) is 0 Å². The van der Waals surface area contributed by atoms with Gasteiger partial charge in [0.25, 0.3) is 0 Å². The quantitative estimate of drug-likeness (QED) is 0.484. The van der Waals surface area contributed by atoms with Gasteiger partial charge in [-0.25, -0.2) is 8.78 Å². The van der Waals surface area contributed by atoms with E-state index in [0.29, 0.717) is 0 Å². The van der Waals surface area contributed by atoms with Crippen LogP contribution in [0.2, 0.25) is 0 Å². The van der Waals surface area contributed by atoms with Crippen LogP contribution in [0.5, 0.6) is 23.0 Å². The summed E-state index contributed by atoms with van der Waals surface area (Å²) in [5.74, 6) is -0.297. The van der Waals surface area contributed by atoms with Gasteiger partial charge in [0, 0.05) is 26.4 Å². The minimum atomic E-state index is -0.492. The van der Waals surface area contributed by atoms with Crippen molar-refractivity contribution in [3.63, 3.8) is 0 Å². The van der Waals surface area contributed by atoms with Crippen LogP contribution in [0.25, 0.3) is 0 Å². The minimum absolute atomic E-state index is 0.0758. The maximum atomic E-state index is 13.3. The van der Waals surface area contributed by atoms with Crippen molar-refractivity contribution in [2.45, 2.75) is 0 Å². The lowest BCUT2D eigenvalue weighted by molar-refractivity contribution is 0.0492. The summed E-state index contributed by atoms with van der Waals surface area (Å²) in [5, 5.41) is 0. The fourth-order valence-electron chi connectivity index (χ4n) is 1.76. The molecule has 0 atom stereocenters. The highest BCUT2D eigenvalue weighted by atomic mass is 19.1. The summed E-state index contributed by atoms with van der Waals surface area (Å²) >= 11 is 0. The molecule has 0 unspecified atom stereocenters. The average Bonchev–Trinajstić information content (AvgIpc) is 2.61. The molecule has 0 aliphatic heterocycles. The van der Waals surface area contributed by atoms with Gasteiger partial charge in [-0.05, 0) is 24.3 Å². The monoisotopic (exact) mass is 353 g/mol. The van der Waals surface area contributed by atoms with Crippen LogP contribution < -0.4 is 18.8 Å². The van der Waals surface area contributed by atoms with Gasteiger partial charge in [0.2, 0.25) is 0 Å². The van der Waals surface area contributed by atoms with Crippen LogP contribution in [0.1, 0.15) is 0 Å². The van der Waals surface area contributed by atoms with Gasteiger partial charge in [0.05, 0.1) is 0 Å². The first-order valence-corrected chi connectivity index (χ1v) is 7.11. The molecule has 0 spiro atoms. The number of hydrogen-bond acceptors (Lipinski definition) is 6. The molecule has 1 radical (unpaired) electrons. The Morgan fingerprint density at radius 2 is 1.16 bits per heavy atom. The first-order chi connectivity index (χ1) is 12.1. The van der Waals surface area contributed by atoms with Gasteiger partial charge in [-0.2, -0.15) is 0 Å². The lowest BCUT2D eigenvalue weighted by atomic mass is 10.2. The largest absolute Gasteiger partial charge is 0.658 e. The number of hydrogen-bond donors (Lipinski definition) is 0. The number of rotatable bonds is 10. The van der Waals surface area contributed by atoms with E-state index in [4.69, 9.17) is 28.3 Å². The zero-order valence-electron chi connectivity index (χ0n) is 13.7. The molecular formula is C16H16BF2O6. The van der Waals surface area contributed by atoms with E-state index >= 15 is 0 Å². The molecule has 25 heavy (non-hydrogen) atoms. The Bertz CT molecular complexity index is 628. The topological polar surface area (TPSA) is 55.4 Å². The standard InChI is InChI=1S/C16H16BF2O6/c1-20-9-22-15-7-11(18)3-5-13(15)24-17-25-14-6-4-12(19)8-16(14)23-10-21-2/h3-8H,9-10H2,1-2H3. The second-order valence-corrected chi connectivity index (χ2v) is 4.62. The van der Waals surface area contributed by atoms with Gasteiger partial charge in [-0.15, -0.1) is 0 Å². The third kappa shape index (κ3) is 5.81. The highest BCUT2D eigenvalue weighted by Crippen LogP contribution is 2.30. The number of halogens is 2. The second kappa shape index (κ2) is 9.70. The Kier molecular flexibility index (Phi) is 7.30. The minimum Gasteiger partial charge on any atom is -0.524 e. The Morgan fingerprint density at radius 1 is 0.720 bits per heavy atom. The van der Waals surface area contributed by atoms with Crippen molar-refractivity contribution >= 4 is 7.69 Å². The summed E-state index contributed by atoms with van der Waals surface area (Å²) in [5.41, 5.74) is 0. The third-order valence-electron chi connectivity index (χ3n) is 2.83. The highest BCUT2D eigenvalue weighted by molar-refractivity contribution is 6.21. The van der Waals surface area contributed by atoms with Crippen LogP contribution in [0.4, 0.5) is 8.78 Å². The van der Waals surface area contributed by atoms with Crippen molar-refractivity contribution in [3.8, 4) is 23.0 Å². The molecule has 0 aliphatic carbocycles. The van der Waals surface area contributed by atoms with E-state index in [2.05, 4.69) is 0 Å². The van der Waals surface area contributed by atoms with E-state index in [9.17, 15) is 8.78 Å². The molecule has 0 aliphatic rings. The fraction of sp³-hybridized carbons (Fsp3) is 0.250. The van der Waals surface area contributed by atoms with Crippen molar-refractivity contribution < 1.29 is 37.0 Å². The van der Waals surface area contributed by atoms with Crippen molar-refractivity contribution in [1.29, 1.82) is 0 Å². The van der Waals surface area contributed by atoms with E-state index < -0.39 is 11.6 Å². The van der Waals surface area contributed by atoms with E-state index in [1.807, 2.05) is 0 Å². The lowest BCUT2D eigenvalue weighted by Crippen LogP contribution is -2.13. The van der Waals surface area contributed by atoms with Gasteiger partial charge >= 0.3 is 7.69 Å². The molecule has 6 nitrogen and oxygen atoms in total. The molecule has 0 saturated carbocycles. The fourth-order valence-corrected chi connectivity index (χ4v) is 1.76. The zero-order valence-corrected chi connectivity index (χ0v) is 13.7. The first-order valence-electron chi connectivity index (χ1n) is 7.11. The van der Waals surface area contributed by atoms with Crippen molar-refractivity contribution in [1.82, 2.24) is 0 Å². The molecule has 0 amide bonds. The van der Waals surface area contributed by atoms with Crippen molar-refractivity contribution in [3.05, 3.63) is 48.0 Å². The Morgan fingerprint density at radius 3 is 1.56 bits per heavy atom. The van der Waals surface area contributed by atoms with Crippen LogP contribution in [0.3, 0.4) is 0 Å². The molecule has 0 fully saturated rings. The van der Waals surface area contributed by atoms with Crippen LogP contribution in [0, 0.1) is 11.6 Å². The molecule has 2 rings (SSSR count). The lowest BCUT2D eigenvalue weighted by Gasteiger charge is -2.14. The molecule has 0 saturated heterocycles. The summed E-state index contributed by atoms with van der Waals surface area (Å²) in [6, 6.07) is 7.43. The molecule has 2 aromatic rings. The van der Waals surface area contributed by atoms with E-state index in [-0.39, 0.29) is 36.6 Å². The van der Waals surface area contributed by atoms with Gasteiger partial charge in [0.1, 0.15) is 23.1 Å². The second-order valence-electron chi connectivity index (χ2n) is 4.62. The number of benzene rings is 2.